The molecule has 4 N–H and O–H groups in total. The van der Waals surface area contributed by atoms with Crippen LogP contribution in [0.15, 0.2) is 24.4 Å². The second-order valence-electron chi connectivity index (χ2n) is 6.73. The van der Waals surface area contributed by atoms with Gasteiger partial charge in [0, 0.05) is 13.2 Å². The molecular formula is C20H26Cl2N4O4. The number of aliphatic hydroxyl groups is 1. The maximum absolute atomic E-state index is 12.5. The molecule has 3 rings (SSSR count). The molecule has 10 heteroatoms. The summed E-state index contributed by atoms with van der Waals surface area (Å²) in [5.74, 6) is -0.784. The Morgan fingerprint density at radius 1 is 1.20 bits per heavy atom. The number of carbonyl (C=O) groups is 2. The molecule has 30 heavy (non-hydrogen) atoms. The Labute approximate surface area is 185 Å². The van der Waals surface area contributed by atoms with Crippen molar-refractivity contribution in [3.63, 3.8) is 0 Å². The van der Waals surface area contributed by atoms with Crippen LogP contribution < -0.4 is 10.6 Å². The molecule has 8 nitrogen and oxygen atoms in total. The standard InChI is InChI=1S/C17H18Cl2N4O2.C3H8O2/c18-11-7-4-8-12(19)14(11)16(24)22-13-9-20-23-15(13)17(25)21-10-5-2-1-3-6-10;1-5-3-2-4/h4,7-10H,1-3,5-6H2,(H,20,23)(H,21,25)(H,22,24);4H,2-3H2,1H3. The van der Waals surface area contributed by atoms with Gasteiger partial charge in [-0.2, -0.15) is 5.10 Å². The van der Waals surface area contributed by atoms with E-state index in [-0.39, 0.29) is 45.5 Å². The summed E-state index contributed by atoms with van der Waals surface area (Å²) in [4.78, 5) is 24.9. The zero-order valence-electron chi connectivity index (χ0n) is 16.7. The first kappa shape index (κ1) is 24.1. The van der Waals surface area contributed by atoms with Gasteiger partial charge >= 0.3 is 0 Å². The molecule has 1 aromatic heterocycles. The van der Waals surface area contributed by atoms with E-state index in [0.717, 1.165) is 25.7 Å². The summed E-state index contributed by atoms with van der Waals surface area (Å²) in [6.07, 6.45) is 6.76. The maximum atomic E-state index is 12.5. The van der Waals surface area contributed by atoms with Gasteiger partial charge in [-0.05, 0) is 25.0 Å². The number of halogens is 2. The van der Waals surface area contributed by atoms with Gasteiger partial charge in [0.05, 0.1) is 40.7 Å². The lowest BCUT2D eigenvalue weighted by atomic mass is 9.95. The largest absolute Gasteiger partial charge is 0.394 e. The summed E-state index contributed by atoms with van der Waals surface area (Å²) < 4.78 is 4.44. The van der Waals surface area contributed by atoms with Gasteiger partial charge in [0.15, 0.2) is 0 Å². The van der Waals surface area contributed by atoms with E-state index in [4.69, 9.17) is 28.3 Å². The van der Waals surface area contributed by atoms with Crippen LogP contribution in [0.4, 0.5) is 5.69 Å². The molecule has 1 heterocycles. The number of benzene rings is 1. The van der Waals surface area contributed by atoms with Crippen molar-refractivity contribution in [1.29, 1.82) is 0 Å². The number of ether oxygens (including phenoxy) is 1. The highest BCUT2D eigenvalue weighted by Gasteiger charge is 2.22. The Kier molecular flexibility index (Phi) is 10.1. The molecule has 1 saturated carbocycles. The molecule has 0 aliphatic heterocycles. The molecule has 1 aromatic carbocycles. The highest BCUT2D eigenvalue weighted by atomic mass is 35.5. The molecule has 0 unspecified atom stereocenters. The van der Waals surface area contributed by atoms with E-state index in [0.29, 0.717) is 6.61 Å². The van der Waals surface area contributed by atoms with Gasteiger partial charge in [-0.3, -0.25) is 14.7 Å². The predicted octanol–water partition coefficient (Wildman–Crippen LogP) is 3.66. The van der Waals surface area contributed by atoms with Crippen molar-refractivity contribution in [1.82, 2.24) is 15.5 Å². The fourth-order valence-electron chi connectivity index (χ4n) is 3.05. The van der Waals surface area contributed by atoms with Gasteiger partial charge < -0.3 is 20.5 Å². The number of carbonyl (C=O) groups excluding carboxylic acids is 2. The first-order valence-corrected chi connectivity index (χ1v) is 10.4. The molecule has 0 bridgehead atoms. The Morgan fingerprint density at radius 3 is 2.43 bits per heavy atom. The SMILES string of the molecule is COCCO.O=C(NC1CCCCC1)c1[nH]ncc1NC(=O)c1c(Cl)cccc1Cl. The lowest BCUT2D eigenvalue weighted by Gasteiger charge is -2.22. The fourth-order valence-corrected chi connectivity index (χ4v) is 3.62. The lowest BCUT2D eigenvalue weighted by Crippen LogP contribution is -2.36. The number of amides is 2. The van der Waals surface area contributed by atoms with Crippen LogP contribution in [-0.4, -0.2) is 53.5 Å². The molecule has 0 saturated heterocycles. The number of nitrogens with zero attached hydrogens (tertiary/aromatic N) is 1. The Hall–Kier alpha value is -2.13. The van der Waals surface area contributed by atoms with Crippen LogP contribution in [0.2, 0.25) is 10.0 Å². The van der Waals surface area contributed by atoms with Gasteiger partial charge in [0.2, 0.25) is 0 Å². The summed E-state index contributed by atoms with van der Waals surface area (Å²) in [6.45, 7) is 0.566. The number of methoxy groups -OCH3 is 1. The van der Waals surface area contributed by atoms with Crippen molar-refractivity contribution in [3.05, 3.63) is 45.7 Å². The van der Waals surface area contributed by atoms with Crippen LogP contribution in [0.3, 0.4) is 0 Å². The van der Waals surface area contributed by atoms with Gasteiger partial charge in [0.1, 0.15) is 5.69 Å². The Bertz CT molecular complexity index is 816. The van der Waals surface area contributed by atoms with Crippen LogP contribution in [0.5, 0.6) is 0 Å². The molecule has 164 valence electrons. The summed E-state index contributed by atoms with van der Waals surface area (Å²) in [5, 5.41) is 20.5. The zero-order chi connectivity index (χ0) is 21.9. The van der Waals surface area contributed by atoms with Crippen molar-refractivity contribution in [2.45, 2.75) is 38.1 Å². The number of nitrogens with one attached hydrogen (secondary N) is 3. The first-order chi connectivity index (χ1) is 14.5. The molecule has 2 amide bonds. The summed E-state index contributed by atoms with van der Waals surface area (Å²) >= 11 is 12.1. The van der Waals surface area contributed by atoms with Crippen LogP contribution in [0.25, 0.3) is 0 Å². The molecular weight excluding hydrogens is 431 g/mol. The van der Waals surface area contributed by atoms with Crippen LogP contribution in [0.1, 0.15) is 53.0 Å². The number of rotatable bonds is 6. The average molecular weight is 457 g/mol. The van der Waals surface area contributed by atoms with Crippen molar-refractivity contribution < 1.29 is 19.4 Å². The number of aliphatic hydroxyl groups excluding tert-OH is 1. The third-order valence-corrected chi connectivity index (χ3v) is 5.17. The fraction of sp³-hybridized carbons (Fsp3) is 0.450. The van der Waals surface area contributed by atoms with Gasteiger partial charge in [0.25, 0.3) is 11.8 Å². The van der Waals surface area contributed by atoms with E-state index in [1.165, 1.54) is 12.6 Å². The first-order valence-electron chi connectivity index (χ1n) is 9.67. The lowest BCUT2D eigenvalue weighted by molar-refractivity contribution is 0.0923. The van der Waals surface area contributed by atoms with E-state index in [1.807, 2.05) is 0 Å². The minimum Gasteiger partial charge on any atom is -0.394 e. The van der Waals surface area contributed by atoms with Gasteiger partial charge in [-0.15, -0.1) is 0 Å². The van der Waals surface area contributed by atoms with Crippen LogP contribution in [0, 0.1) is 0 Å². The topological polar surface area (TPSA) is 116 Å². The smallest absolute Gasteiger partial charge is 0.271 e. The second kappa shape index (κ2) is 12.5. The summed E-state index contributed by atoms with van der Waals surface area (Å²) in [7, 11) is 1.55. The quantitative estimate of drug-likeness (QED) is 0.529. The Balaban J connectivity index is 0.000000575. The van der Waals surface area contributed by atoms with Crippen molar-refractivity contribution in [3.8, 4) is 0 Å². The van der Waals surface area contributed by atoms with E-state index < -0.39 is 5.91 Å². The molecule has 2 aromatic rings. The number of aromatic amines is 1. The number of hydrogen-bond acceptors (Lipinski definition) is 5. The third kappa shape index (κ3) is 6.98. The van der Waals surface area contributed by atoms with Crippen molar-refractivity contribution in [2.24, 2.45) is 0 Å². The number of aromatic nitrogens is 2. The maximum Gasteiger partial charge on any atom is 0.271 e. The molecule has 0 spiro atoms. The average Bonchev–Trinajstić information content (AvgIpc) is 3.18. The molecule has 0 atom stereocenters. The van der Waals surface area contributed by atoms with Crippen LogP contribution in [-0.2, 0) is 4.74 Å². The minimum atomic E-state index is -0.497. The minimum absolute atomic E-state index is 0.122. The number of hydrogen-bond donors (Lipinski definition) is 4. The van der Waals surface area contributed by atoms with Crippen LogP contribution >= 0.6 is 23.2 Å². The van der Waals surface area contributed by atoms with E-state index in [1.54, 1.807) is 25.3 Å². The number of anilines is 1. The molecule has 1 fully saturated rings. The van der Waals surface area contributed by atoms with E-state index in [2.05, 4.69) is 25.6 Å². The second-order valence-corrected chi connectivity index (χ2v) is 7.55. The van der Waals surface area contributed by atoms with Gasteiger partial charge in [-0.1, -0.05) is 48.5 Å². The highest BCUT2D eigenvalue weighted by molar-refractivity contribution is 6.40. The monoisotopic (exact) mass is 456 g/mol. The highest BCUT2D eigenvalue weighted by Crippen LogP contribution is 2.26. The third-order valence-electron chi connectivity index (χ3n) is 4.54. The molecule has 1 aliphatic rings. The normalized spacial score (nSPS) is 13.9. The Morgan fingerprint density at radius 2 is 1.87 bits per heavy atom. The van der Waals surface area contributed by atoms with Gasteiger partial charge in [-0.25, -0.2) is 0 Å². The zero-order valence-corrected chi connectivity index (χ0v) is 18.2. The molecule has 1 aliphatic carbocycles. The predicted molar refractivity (Wildman–Crippen MR) is 116 cm³/mol. The number of H-pyrrole nitrogens is 1. The van der Waals surface area contributed by atoms with Crippen molar-refractivity contribution in [2.75, 3.05) is 25.6 Å². The summed E-state index contributed by atoms with van der Waals surface area (Å²) in [5.41, 5.74) is 0.655. The molecule has 0 radical (unpaired) electrons. The summed E-state index contributed by atoms with van der Waals surface area (Å²) in [6, 6.07) is 4.97. The van der Waals surface area contributed by atoms with E-state index >= 15 is 0 Å². The van der Waals surface area contributed by atoms with E-state index in [9.17, 15) is 9.59 Å². The van der Waals surface area contributed by atoms with Crippen molar-refractivity contribution >= 4 is 40.7 Å².